The minimum atomic E-state index is -0.949. The number of nitrogens with two attached hydrogens (primary N) is 1. The normalized spacial score (nSPS) is 20.1. The van der Waals surface area contributed by atoms with Crippen LogP contribution in [0.4, 0.5) is 10.1 Å². The number of para-hydroxylation sites is 1. The van der Waals surface area contributed by atoms with Crippen molar-refractivity contribution in [3.05, 3.63) is 29.8 Å². The summed E-state index contributed by atoms with van der Waals surface area (Å²) in [6.07, 6.45) is 0.625. The second-order valence-corrected chi connectivity index (χ2v) is 3.98. The molecule has 15 heavy (non-hydrogen) atoms. The highest BCUT2D eigenvalue weighted by molar-refractivity contribution is 5.47. The lowest BCUT2D eigenvalue weighted by atomic mass is 9.90. The molecule has 1 saturated heterocycles. The maximum atomic E-state index is 14.1. The van der Waals surface area contributed by atoms with Crippen LogP contribution in [0.25, 0.3) is 0 Å². The maximum absolute atomic E-state index is 14.1. The van der Waals surface area contributed by atoms with Crippen LogP contribution in [0.15, 0.2) is 24.3 Å². The van der Waals surface area contributed by atoms with E-state index < -0.39 is 6.17 Å². The third-order valence-corrected chi connectivity index (χ3v) is 2.97. The highest BCUT2D eigenvalue weighted by Gasteiger charge is 2.26. The van der Waals surface area contributed by atoms with Gasteiger partial charge in [0, 0.05) is 24.5 Å². The Balaban J connectivity index is 2.12. The number of alkyl halides is 1. The van der Waals surface area contributed by atoms with Gasteiger partial charge in [-0.1, -0.05) is 18.2 Å². The number of hydrogen-bond acceptors (Lipinski definition) is 2. The van der Waals surface area contributed by atoms with Crippen molar-refractivity contribution >= 4 is 5.69 Å². The summed E-state index contributed by atoms with van der Waals surface area (Å²) in [5, 5.41) is 0. The van der Waals surface area contributed by atoms with Gasteiger partial charge < -0.3 is 10.5 Å². The van der Waals surface area contributed by atoms with Gasteiger partial charge in [-0.05, 0) is 24.8 Å². The number of halogens is 1. The SMILES string of the molecule is Nc1ccccc1C(F)C1CCOCC1. The standard InChI is InChI=1S/C12H16FNO/c13-12(9-5-7-15-8-6-9)10-3-1-2-4-11(10)14/h1-4,9,12H,5-8,14H2. The molecule has 0 aromatic heterocycles. The third kappa shape index (κ3) is 2.29. The van der Waals surface area contributed by atoms with E-state index in [9.17, 15) is 4.39 Å². The summed E-state index contributed by atoms with van der Waals surface area (Å²) in [7, 11) is 0. The van der Waals surface area contributed by atoms with E-state index in [1.54, 1.807) is 12.1 Å². The van der Waals surface area contributed by atoms with Crippen molar-refractivity contribution < 1.29 is 9.13 Å². The van der Waals surface area contributed by atoms with Gasteiger partial charge in [-0.3, -0.25) is 0 Å². The fourth-order valence-electron chi connectivity index (χ4n) is 2.02. The summed E-state index contributed by atoms with van der Waals surface area (Å²) in [6.45, 7) is 1.33. The highest BCUT2D eigenvalue weighted by atomic mass is 19.1. The Morgan fingerprint density at radius 3 is 2.60 bits per heavy atom. The Morgan fingerprint density at radius 2 is 1.93 bits per heavy atom. The van der Waals surface area contributed by atoms with E-state index in [2.05, 4.69) is 0 Å². The van der Waals surface area contributed by atoms with Gasteiger partial charge in [0.25, 0.3) is 0 Å². The van der Waals surface area contributed by atoms with Gasteiger partial charge >= 0.3 is 0 Å². The van der Waals surface area contributed by atoms with E-state index in [-0.39, 0.29) is 5.92 Å². The van der Waals surface area contributed by atoms with E-state index >= 15 is 0 Å². The second kappa shape index (κ2) is 4.62. The average Bonchev–Trinajstić information content (AvgIpc) is 2.30. The molecule has 0 aliphatic carbocycles. The first kappa shape index (κ1) is 10.4. The molecule has 82 valence electrons. The van der Waals surface area contributed by atoms with Crippen LogP contribution in [0.3, 0.4) is 0 Å². The van der Waals surface area contributed by atoms with E-state index in [1.807, 2.05) is 12.1 Å². The van der Waals surface area contributed by atoms with Gasteiger partial charge in [0.05, 0.1) is 0 Å². The van der Waals surface area contributed by atoms with Crippen molar-refractivity contribution in [2.24, 2.45) is 5.92 Å². The van der Waals surface area contributed by atoms with Gasteiger partial charge in [-0.25, -0.2) is 4.39 Å². The van der Waals surface area contributed by atoms with Crippen molar-refractivity contribution in [2.45, 2.75) is 19.0 Å². The first-order valence-corrected chi connectivity index (χ1v) is 5.35. The van der Waals surface area contributed by atoms with Crippen molar-refractivity contribution in [3.63, 3.8) is 0 Å². The number of ether oxygens (including phenoxy) is 1. The molecule has 2 rings (SSSR count). The molecule has 3 heteroatoms. The lowest BCUT2D eigenvalue weighted by Gasteiger charge is -2.26. The zero-order valence-corrected chi connectivity index (χ0v) is 8.66. The highest BCUT2D eigenvalue weighted by Crippen LogP contribution is 2.35. The minimum Gasteiger partial charge on any atom is -0.398 e. The molecule has 0 radical (unpaired) electrons. The maximum Gasteiger partial charge on any atom is 0.130 e. The Kier molecular flexibility index (Phi) is 3.21. The van der Waals surface area contributed by atoms with E-state index in [0.29, 0.717) is 24.5 Å². The van der Waals surface area contributed by atoms with Crippen LogP contribution in [0, 0.1) is 5.92 Å². The molecule has 2 N–H and O–H groups in total. The van der Waals surface area contributed by atoms with Gasteiger partial charge in [0.1, 0.15) is 6.17 Å². The Bertz CT molecular complexity index is 323. The summed E-state index contributed by atoms with van der Waals surface area (Å²) in [5.74, 6) is 0.0587. The Labute approximate surface area is 89.2 Å². The number of hydrogen-bond donors (Lipinski definition) is 1. The molecule has 1 unspecified atom stereocenters. The van der Waals surface area contributed by atoms with Gasteiger partial charge in [0.2, 0.25) is 0 Å². The van der Waals surface area contributed by atoms with Crippen molar-refractivity contribution in [1.82, 2.24) is 0 Å². The van der Waals surface area contributed by atoms with Crippen LogP contribution in [0.1, 0.15) is 24.6 Å². The molecule has 0 spiro atoms. The lowest BCUT2D eigenvalue weighted by Crippen LogP contribution is -2.20. The minimum absolute atomic E-state index is 0.0587. The number of anilines is 1. The first-order valence-electron chi connectivity index (χ1n) is 5.35. The fourth-order valence-corrected chi connectivity index (χ4v) is 2.02. The molecule has 1 fully saturated rings. The summed E-state index contributed by atoms with van der Waals surface area (Å²) >= 11 is 0. The first-order chi connectivity index (χ1) is 7.29. The van der Waals surface area contributed by atoms with Gasteiger partial charge in [-0.2, -0.15) is 0 Å². The van der Waals surface area contributed by atoms with E-state index in [1.165, 1.54) is 0 Å². The molecule has 1 aromatic carbocycles. The van der Waals surface area contributed by atoms with E-state index in [4.69, 9.17) is 10.5 Å². The predicted octanol–water partition coefficient (Wildman–Crippen LogP) is 2.71. The quantitative estimate of drug-likeness (QED) is 0.760. The van der Waals surface area contributed by atoms with Crippen LogP contribution in [-0.4, -0.2) is 13.2 Å². The van der Waals surface area contributed by atoms with Crippen molar-refractivity contribution in [1.29, 1.82) is 0 Å². The van der Waals surface area contributed by atoms with Crippen molar-refractivity contribution in [3.8, 4) is 0 Å². The largest absolute Gasteiger partial charge is 0.398 e. The molecule has 1 aliphatic rings. The predicted molar refractivity (Wildman–Crippen MR) is 58.2 cm³/mol. The molecule has 1 heterocycles. The molecular formula is C12H16FNO. The molecule has 0 saturated carbocycles. The number of rotatable bonds is 2. The number of benzene rings is 1. The smallest absolute Gasteiger partial charge is 0.130 e. The van der Waals surface area contributed by atoms with Crippen LogP contribution in [0.5, 0.6) is 0 Å². The number of nitrogen functional groups attached to an aromatic ring is 1. The van der Waals surface area contributed by atoms with Crippen LogP contribution >= 0.6 is 0 Å². The summed E-state index contributed by atoms with van der Waals surface area (Å²) in [5.41, 5.74) is 6.94. The zero-order chi connectivity index (χ0) is 10.7. The van der Waals surface area contributed by atoms with Gasteiger partial charge in [-0.15, -0.1) is 0 Å². The van der Waals surface area contributed by atoms with Gasteiger partial charge in [0.15, 0.2) is 0 Å². The molecule has 0 amide bonds. The second-order valence-electron chi connectivity index (χ2n) is 3.98. The summed E-state index contributed by atoms with van der Waals surface area (Å²) in [6, 6.07) is 7.18. The van der Waals surface area contributed by atoms with Crippen LogP contribution in [0.2, 0.25) is 0 Å². The molecule has 0 bridgehead atoms. The average molecular weight is 209 g/mol. The summed E-state index contributed by atoms with van der Waals surface area (Å²) in [4.78, 5) is 0. The molecular weight excluding hydrogens is 193 g/mol. The molecule has 2 nitrogen and oxygen atoms in total. The molecule has 1 aliphatic heterocycles. The third-order valence-electron chi connectivity index (χ3n) is 2.97. The molecule has 1 aromatic rings. The fraction of sp³-hybridized carbons (Fsp3) is 0.500. The van der Waals surface area contributed by atoms with Crippen LogP contribution < -0.4 is 5.73 Å². The lowest BCUT2D eigenvalue weighted by molar-refractivity contribution is 0.0367. The van der Waals surface area contributed by atoms with Crippen molar-refractivity contribution in [2.75, 3.05) is 18.9 Å². The molecule has 1 atom stereocenters. The Hall–Kier alpha value is -1.09. The van der Waals surface area contributed by atoms with E-state index in [0.717, 1.165) is 12.8 Å². The van der Waals surface area contributed by atoms with Crippen LogP contribution in [-0.2, 0) is 4.74 Å². The monoisotopic (exact) mass is 209 g/mol. The Morgan fingerprint density at radius 1 is 1.27 bits per heavy atom. The summed E-state index contributed by atoms with van der Waals surface area (Å²) < 4.78 is 19.4. The zero-order valence-electron chi connectivity index (χ0n) is 8.66. The topological polar surface area (TPSA) is 35.2 Å².